The summed E-state index contributed by atoms with van der Waals surface area (Å²) in [7, 11) is 0. The van der Waals surface area contributed by atoms with Crippen LogP contribution >= 0.6 is 11.6 Å². The predicted octanol–water partition coefficient (Wildman–Crippen LogP) is 4.26. The molecule has 3 rings (SSSR count). The van der Waals surface area contributed by atoms with Gasteiger partial charge in [-0.1, -0.05) is 41.9 Å². The van der Waals surface area contributed by atoms with E-state index in [0.29, 0.717) is 10.7 Å². The SMILES string of the molecule is C[C@@H](OC(=O)c1ccc(Cl)c(N)c1)C(=O)Nc1ccc2ccccc2c1. The molecule has 26 heavy (non-hydrogen) atoms. The summed E-state index contributed by atoms with van der Waals surface area (Å²) in [6.45, 7) is 1.51. The van der Waals surface area contributed by atoms with Crippen LogP contribution in [0, 0.1) is 0 Å². The van der Waals surface area contributed by atoms with Gasteiger partial charge in [-0.25, -0.2) is 4.79 Å². The van der Waals surface area contributed by atoms with Crippen molar-refractivity contribution >= 4 is 45.6 Å². The zero-order valence-corrected chi connectivity index (χ0v) is 14.8. The first-order valence-corrected chi connectivity index (χ1v) is 8.37. The average molecular weight is 369 g/mol. The summed E-state index contributed by atoms with van der Waals surface area (Å²) in [4.78, 5) is 24.5. The van der Waals surface area contributed by atoms with Crippen molar-refractivity contribution in [1.29, 1.82) is 0 Å². The Morgan fingerprint density at radius 2 is 1.77 bits per heavy atom. The number of ether oxygens (including phenoxy) is 1. The van der Waals surface area contributed by atoms with Crippen molar-refractivity contribution in [2.45, 2.75) is 13.0 Å². The van der Waals surface area contributed by atoms with Crippen LogP contribution in [0.4, 0.5) is 11.4 Å². The summed E-state index contributed by atoms with van der Waals surface area (Å²) in [5, 5.41) is 5.18. The molecular weight excluding hydrogens is 352 g/mol. The van der Waals surface area contributed by atoms with E-state index in [2.05, 4.69) is 5.32 Å². The Morgan fingerprint density at radius 1 is 1.04 bits per heavy atom. The van der Waals surface area contributed by atoms with Gasteiger partial charge in [0.15, 0.2) is 6.10 Å². The fourth-order valence-corrected chi connectivity index (χ4v) is 2.58. The van der Waals surface area contributed by atoms with Crippen molar-refractivity contribution in [3.63, 3.8) is 0 Å². The van der Waals surface area contributed by atoms with Gasteiger partial charge in [0.1, 0.15) is 0 Å². The number of hydrogen-bond acceptors (Lipinski definition) is 4. The number of halogens is 1. The third-order valence-electron chi connectivity index (χ3n) is 3.90. The van der Waals surface area contributed by atoms with Crippen molar-refractivity contribution < 1.29 is 14.3 Å². The van der Waals surface area contributed by atoms with Crippen molar-refractivity contribution in [2.75, 3.05) is 11.1 Å². The molecule has 3 N–H and O–H groups in total. The van der Waals surface area contributed by atoms with E-state index in [-0.39, 0.29) is 11.3 Å². The highest BCUT2D eigenvalue weighted by Crippen LogP contribution is 2.21. The molecule has 0 heterocycles. The van der Waals surface area contributed by atoms with Crippen LogP contribution < -0.4 is 11.1 Å². The molecule has 0 saturated carbocycles. The Balaban J connectivity index is 1.66. The van der Waals surface area contributed by atoms with Crippen LogP contribution in [0.5, 0.6) is 0 Å². The topological polar surface area (TPSA) is 81.4 Å². The van der Waals surface area contributed by atoms with Gasteiger partial charge in [-0.15, -0.1) is 0 Å². The maximum absolute atomic E-state index is 12.3. The Kier molecular flexibility index (Phi) is 5.09. The molecule has 0 aromatic heterocycles. The number of amides is 1. The second-order valence-corrected chi connectivity index (χ2v) is 6.24. The molecule has 1 amide bonds. The third kappa shape index (κ3) is 3.95. The van der Waals surface area contributed by atoms with Crippen LogP contribution in [0.15, 0.2) is 60.7 Å². The lowest BCUT2D eigenvalue weighted by Crippen LogP contribution is -2.30. The van der Waals surface area contributed by atoms with Crippen molar-refractivity contribution in [1.82, 2.24) is 0 Å². The molecule has 0 aliphatic heterocycles. The van der Waals surface area contributed by atoms with Crippen LogP contribution in [0.25, 0.3) is 10.8 Å². The van der Waals surface area contributed by atoms with Crippen molar-refractivity contribution in [3.8, 4) is 0 Å². The lowest BCUT2D eigenvalue weighted by Gasteiger charge is -2.14. The van der Waals surface area contributed by atoms with Crippen LogP contribution in [0.3, 0.4) is 0 Å². The van der Waals surface area contributed by atoms with Gasteiger partial charge >= 0.3 is 5.97 Å². The summed E-state index contributed by atoms with van der Waals surface area (Å²) in [5.74, 6) is -1.06. The maximum Gasteiger partial charge on any atom is 0.338 e. The highest BCUT2D eigenvalue weighted by atomic mass is 35.5. The van der Waals surface area contributed by atoms with E-state index in [4.69, 9.17) is 22.1 Å². The molecule has 0 aliphatic carbocycles. The second kappa shape index (κ2) is 7.45. The summed E-state index contributed by atoms with van der Waals surface area (Å²) in [5.41, 5.74) is 6.82. The van der Waals surface area contributed by atoms with Gasteiger partial charge in [-0.05, 0) is 48.0 Å². The highest BCUT2D eigenvalue weighted by molar-refractivity contribution is 6.33. The highest BCUT2D eigenvalue weighted by Gasteiger charge is 2.19. The standard InChI is InChI=1S/C20H17ClN2O3/c1-12(26-20(25)15-7-9-17(21)18(22)11-15)19(24)23-16-8-6-13-4-2-3-5-14(13)10-16/h2-12H,22H2,1H3,(H,23,24)/t12-/m1/s1. The van der Waals surface area contributed by atoms with Crippen molar-refractivity contribution in [2.24, 2.45) is 0 Å². The van der Waals surface area contributed by atoms with E-state index in [0.717, 1.165) is 10.8 Å². The molecule has 132 valence electrons. The molecule has 5 nitrogen and oxygen atoms in total. The number of benzene rings is 3. The molecule has 0 bridgehead atoms. The minimum atomic E-state index is -0.967. The number of nitrogens with two attached hydrogens (primary N) is 1. The Morgan fingerprint density at radius 3 is 2.50 bits per heavy atom. The van der Waals surface area contributed by atoms with Crippen LogP contribution in [0.1, 0.15) is 17.3 Å². The summed E-state index contributed by atoms with van der Waals surface area (Å²) in [6.07, 6.45) is -0.967. The average Bonchev–Trinajstić information content (AvgIpc) is 2.63. The number of esters is 1. The molecular formula is C20H17ClN2O3. The van der Waals surface area contributed by atoms with Crippen molar-refractivity contribution in [3.05, 3.63) is 71.2 Å². The van der Waals surface area contributed by atoms with Gasteiger partial charge in [-0.2, -0.15) is 0 Å². The Hall–Kier alpha value is -3.05. The first-order chi connectivity index (χ1) is 12.4. The fourth-order valence-electron chi connectivity index (χ4n) is 2.46. The second-order valence-electron chi connectivity index (χ2n) is 5.84. The van der Waals surface area contributed by atoms with E-state index in [9.17, 15) is 9.59 Å². The summed E-state index contributed by atoms with van der Waals surface area (Å²) < 4.78 is 5.20. The van der Waals surface area contributed by atoms with Gasteiger partial charge < -0.3 is 15.8 Å². The minimum absolute atomic E-state index is 0.234. The summed E-state index contributed by atoms with van der Waals surface area (Å²) in [6, 6.07) is 17.8. The smallest absolute Gasteiger partial charge is 0.338 e. The fraction of sp³-hybridized carbons (Fsp3) is 0.100. The molecule has 0 spiro atoms. The molecule has 0 fully saturated rings. The predicted molar refractivity (Wildman–Crippen MR) is 103 cm³/mol. The number of fused-ring (bicyclic) bond motifs is 1. The zero-order valence-electron chi connectivity index (χ0n) is 14.0. The monoisotopic (exact) mass is 368 g/mol. The number of anilines is 2. The van der Waals surface area contributed by atoms with E-state index in [1.807, 2.05) is 36.4 Å². The van der Waals surface area contributed by atoms with E-state index in [1.54, 1.807) is 6.07 Å². The van der Waals surface area contributed by atoms with E-state index in [1.165, 1.54) is 25.1 Å². The third-order valence-corrected chi connectivity index (χ3v) is 4.25. The lowest BCUT2D eigenvalue weighted by molar-refractivity contribution is -0.123. The number of carbonyl (C=O) groups is 2. The molecule has 0 aliphatic rings. The number of rotatable bonds is 4. The molecule has 3 aromatic rings. The van der Waals surface area contributed by atoms with Gasteiger partial charge in [0, 0.05) is 5.69 Å². The number of nitrogen functional groups attached to an aromatic ring is 1. The van der Waals surface area contributed by atoms with Crippen LogP contribution in [-0.2, 0) is 9.53 Å². The normalized spacial score (nSPS) is 11.8. The van der Waals surface area contributed by atoms with E-state index >= 15 is 0 Å². The maximum atomic E-state index is 12.3. The zero-order chi connectivity index (χ0) is 18.7. The van der Waals surface area contributed by atoms with Crippen LogP contribution in [-0.4, -0.2) is 18.0 Å². The Labute approximate surface area is 155 Å². The van der Waals surface area contributed by atoms with Gasteiger partial charge in [0.25, 0.3) is 5.91 Å². The molecule has 6 heteroatoms. The van der Waals surface area contributed by atoms with Gasteiger partial charge in [0.2, 0.25) is 0 Å². The molecule has 3 aromatic carbocycles. The van der Waals surface area contributed by atoms with Gasteiger partial charge in [0.05, 0.1) is 16.3 Å². The quantitative estimate of drug-likeness (QED) is 0.532. The first kappa shape index (κ1) is 17.8. The number of hydrogen-bond donors (Lipinski definition) is 2. The van der Waals surface area contributed by atoms with Gasteiger partial charge in [-0.3, -0.25) is 4.79 Å². The first-order valence-electron chi connectivity index (χ1n) is 8.00. The molecule has 0 unspecified atom stereocenters. The number of nitrogens with one attached hydrogen (secondary N) is 1. The minimum Gasteiger partial charge on any atom is -0.449 e. The molecule has 0 saturated heterocycles. The largest absolute Gasteiger partial charge is 0.449 e. The summed E-state index contributed by atoms with van der Waals surface area (Å²) >= 11 is 5.83. The molecule has 1 atom stereocenters. The van der Waals surface area contributed by atoms with Crippen LogP contribution in [0.2, 0.25) is 5.02 Å². The molecule has 0 radical (unpaired) electrons. The van der Waals surface area contributed by atoms with E-state index < -0.39 is 18.0 Å². The number of carbonyl (C=O) groups excluding carboxylic acids is 2. The lowest BCUT2D eigenvalue weighted by atomic mass is 10.1. The Bertz CT molecular complexity index is 988.